The molecule has 0 saturated carbocycles. The molecule has 2 heteroatoms. The predicted octanol–water partition coefficient (Wildman–Crippen LogP) is 2.98. The van der Waals surface area contributed by atoms with Gasteiger partial charge in [0.15, 0.2) is 6.79 Å². The van der Waals surface area contributed by atoms with Crippen LogP contribution in [0.4, 0.5) is 0 Å². The van der Waals surface area contributed by atoms with Crippen LogP contribution in [0.2, 0.25) is 0 Å². The van der Waals surface area contributed by atoms with Gasteiger partial charge in [0.1, 0.15) is 5.75 Å². The molecule has 2 rings (SSSR count). The van der Waals surface area contributed by atoms with Gasteiger partial charge in [0.2, 0.25) is 0 Å². The first-order valence-electron chi connectivity index (χ1n) is 5.03. The normalized spacial score (nSPS) is 15.1. The molecule has 0 aromatic heterocycles. The lowest BCUT2D eigenvalue weighted by Crippen LogP contribution is -2.14. The molecular formula is C12H16O2. The van der Waals surface area contributed by atoms with Gasteiger partial charge in [-0.25, -0.2) is 0 Å². The standard InChI is InChI=1S/C12H16O2/c1-8(2)10-5-4-9(3)11-6-13-7-14-12(10)11/h4-5,8H,6-7H2,1-3H3. The maximum Gasteiger partial charge on any atom is 0.189 e. The number of aryl methyl sites for hydroxylation is 1. The Hall–Kier alpha value is -1.02. The predicted molar refractivity (Wildman–Crippen MR) is 55.6 cm³/mol. The van der Waals surface area contributed by atoms with Crippen molar-refractivity contribution >= 4 is 0 Å². The van der Waals surface area contributed by atoms with Gasteiger partial charge in [0, 0.05) is 5.56 Å². The number of benzene rings is 1. The van der Waals surface area contributed by atoms with Gasteiger partial charge in [-0.1, -0.05) is 26.0 Å². The minimum Gasteiger partial charge on any atom is -0.467 e. The first-order valence-corrected chi connectivity index (χ1v) is 5.03. The van der Waals surface area contributed by atoms with Gasteiger partial charge in [-0.2, -0.15) is 0 Å². The van der Waals surface area contributed by atoms with Gasteiger partial charge in [-0.15, -0.1) is 0 Å². The Morgan fingerprint density at radius 2 is 2.07 bits per heavy atom. The summed E-state index contributed by atoms with van der Waals surface area (Å²) in [6, 6.07) is 4.30. The minimum absolute atomic E-state index is 0.385. The third-order valence-corrected chi connectivity index (χ3v) is 2.68. The molecule has 1 aromatic rings. The van der Waals surface area contributed by atoms with Crippen molar-refractivity contribution in [3.05, 3.63) is 28.8 Å². The van der Waals surface area contributed by atoms with E-state index in [-0.39, 0.29) is 0 Å². The number of hydrogen-bond acceptors (Lipinski definition) is 2. The summed E-state index contributed by atoms with van der Waals surface area (Å²) in [4.78, 5) is 0. The fourth-order valence-corrected chi connectivity index (χ4v) is 1.79. The Bertz CT molecular complexity index is 342. The molecule has 1 heterocycles. The SMILES string of the molecule is Cc1ccc(C(C)C)c2c1COCO2. The first kappa shape index (κ1) is 9.53. The molecule has 14 heavy (non-hydrogen) atoms. The van der Waals surface area contributed by atoms with Crippen LogP contribution in [-0.4, -0.2) is 6.79 Å². The lowest BCUT2D eigenvalue weighted by atomic mass is 9.96. The zero-order valence-corrected chi connectivity index (χ0v) is 8.96. The van der Waals surface area contributed by atoms with Crippen LogP contribution in [-0.2, 0) is 11.3 Å². The van der Waals surface area contributed by atoms with Crippen molar-refractivity contribution < 1.29 is 9.47 Å². The molecule has 0 saturated heterocycles. The van der Waals surface area contributed by atoms with Crippen LogP contribution in [0.15, 0.2) is 12.1 Å². The van der Waals surface area contributed by atoms with Crippen molar-refractivity contribution in [1.82, 2.24) is 0 Å². The summed E-state index contributed by atoms with van der Waals surface area (Å²) in [7, 11) is 0. The average molecular weight is 192 g/mol. The summed E-state index contributed by atoms with van der Waals surface area (Å²) in [5.74, 6) is 1.55. The molecule has 0 aliphatic carbocycles. The fraction of sp³-hybridized carbons (Fsp3) is 0.500. The molecule has 1 aromatic carbocycles. The molecule has 1 aliphatic rings. The maximum absolute atomic E-state index is 5.57. The summed E-state index contributed by atoms with van der Waals surface area (Å²) in [5, 5.41) is 0. The second kappa shape index (κ2) is 3.62. The van der Waals surface area contributed by atoms with E-state index in [1.54, 1.807) is 0 Å². The van der Waals surface area contributed by atoms with Gasteiger partial charge >= 0.3 is 0 Å². The number of fused-ring (bicyclic) bond motifs is 1. The molecule has 0 unspecified atom stereocenters. The highest BCUT2D eigenvalue weighted by Crippen LogP contribution is 2.34. The summed E-state index contributed by atoms with van der Waals surface area (Å²) in [6.45, 7) is 7.53. The molecule has 1 aliphatic heterocycles. The molecule has 0 atom stereocenters. The van der Waals surface area contributed by atoms with Gasteiger partial charge in [0.25, 0.3) is 0 Å². The monoisotopic (exact) mass is 192 g/mol. The summed E-state index contributed by atoms with van der Waals surface area (Å²) in [6.07, 6.45) is 0. The van der Waals surface area contributed by atoms with Crippen molar-refractivity contribution in [3.63, 3.8) is 0 Å². The van der Waals surface area contributed by atoms with Crippen LogP contribution in [0.3, 0.4) is 0 Å². The number of rotatable bonds is 1. The van der Waals surface area contributed by atoms with E-state index in [1.807, 2.05) is 0 Å². The van der Waals surface area contributed by atoms with Crippen molar-refractivity contribution in [2.75, 3.05) is 6.79 Å². The van der Waals surface area contributed by atoms with Crippen molar-refractivity contribution in [2.45, 2.75) is 33.3 Å². The van der Waals surface area contributed by atoms with Gasteiger partial charge in [-0.3, -0.25) is 0 Å². The topological polar surface area (TPSA) is 18.5 Å². The molecule has 0 N–H and O–H groups in total. The lowest BCUT2D eigenvalue weighted by Gasteiger charge is -2.23. The van der Waals surface area contributed by atoms with Gasteiger partial charge < -0.3 is 9.47 Å². The lowest BCUT2D eigenvalue weighted by molar-refractivity contribution is -0.0175. The van der Waals surface area contributed by atoms with Crippen LogP contribution in [0.25, 0.3) is 0 Å². The largest absolute Gasteiger partial charge is 0.467 e. The summed E-state index contributed by atoms with van der Waals surface area (Å²) in [5.41, 5.74) is 3.75. The minimum atomic E-state index is 0.385. The van der Waals surface area contributed by atoms with E-state index in [1.165, 1.54) is 16.7 Å². The van der Waals surface area contributed by atoms with Crippen molar-refractivity contribution in [1.29, 1.82) is 0 Å². The van der Waals surface area contributed by atoms with Crippen LogP contribution in [0.1, 0.15) is 36.5 Å². The molecule has 2 nitrogen and oxygen atoms in total. The quantitative estimate of drug-likeness (QED) is 0.681. The van der Waals surface area contributed by atoms with E-state index in [4.69, 9.17) is 9.47 Å². The van der Waals surface area contributed by atoms with E-state index in [0.717, 1.165) is 5.75 Å². The van der Waals surface area contributed by atoms with Crippen LogP contribution >= 0.6 is 0 Å². The second-order valence-electron chi connectivity index (χ2n) is 4.04. The highest BCUT2D eigenvalue weighted by molar-refractivity contribution is 5.47. The molecule has 0 fully saturated rings. The Morgan fingerprint density at radius 1 is 1.29 bits per heavy atom. The van der Waals surface area contributed by atoms with Gasteiger partial charge in [-0.05, 0) is 24.0 Å². The first-order chi connectivity index (χ1) is 6.70. The molecule has 0 bridgehead atoms. The summed E-state index contributed by atoms with van der Waals surface area (Å²) >= 11 is 0. The van der Waals surface area contributed by atoms with E-state index in [0.29, 0.717) is 19.3 Å². The van der Waals surface area contributed by atoms with E-state index < -0.39 is 0 Å². The van der Waals surface area contributed by atoms with Gasteiger partial charge in [0.05, 0.1) is 6.61 Å². The molecular weight excluding hydrogens is 176 g/mol. The summed E-state index contributed by atoms with van der Waals surface area (Å²) < 4.78 is 10.9. The molecule has 0 radical (unpaired) electrons. The highest BCUT2D eigenvalue weighted by atomic mass is 16.7. The average Bonchev–Trinajstić information content (AvgIpc) is 2.18. The maximum atomic E-state index is 5.57. The second-order valence-corrected chi connectivity index (χ2v) is 4.04. The van der Waals surface area contributed by atoms with E-state index in [2.05, 4.69) is 32.9 Å². The number of hydrogen-bond donors (Lipinski definition) is 0. The van der Waals surface area contributed by atoms with Crippen molar-refractivity contribution in [3.8, 4) is 5.75 Å². The zero-order valence-electron chi connectivity index (χ0n) is 8.96. The Balaban J connectivity index is 2.53. The highest BCUT2D eigenvalue weighted by Gasteiger charge is 2.18. The molecule has 0 amide bonds. The molecule has 0 spiro atoms. The van der Waals surface area contributed by atoms with Crippen LogP contribution < -0.4 is 4.74 Å². The Morgan fingerprint density at radius 3 is 2.79 bits per heavy atom. The third kappa shape index (κ3) is 1.50. The fourth-order valence-electron chi connectivity index (χ4n) is 1.79. The van der Waals surface area contributed by atoms with Crippen LogP contribution in [0, 0.1) is 6.92 Å². The third-order valence-electron chi connectivity index (χ3n) is 2.68. The Kier molecular flexibility index (Phi) is 2.46. The number of ether oxygens (including phenoxy) is 2. The Labute approximate surface area is 84.8 Å². The van der Waals surface area contributed by atoms with E-state index in [9.17, 15) is 0 Å². The van der Waals surface area contributed by atoms with Crippen LogP contribution in [0.5, 0.6) is 5.75 Å². The van der Waals surface area contributed by atoms with E-state index >= 15 is 0 Å². The molecule has 76 valence electrons. The smallest absolute Gasteiger partial charge is 0.189 e. The van der Waals surface area contributed by atoms with Crippen molar-refractivity contribution in [2.24, 2.45) is 0 Å². The zero-order chi connectivity index (χ0) is 10.1.